The normalized spacial score (nSPS) is 13.2. The number of benzene rings is 5. The Morgan fingerprint density at radius 1 is 0.771 bits per heavy atom. The van der Waals surface area contributed by atoms with Gasteiger partial charge in [0.1, 0.15) is 4.90 Å². The molecule has 248 valence electrons. The number of azo groups is 2. The van der Waals surface area contributed by atoms with Crippen LogP contribution >= 0.6 is 0 Å². The SMILES string of the molecule is COC=Nc1ccc(N=Nc2ccc(N=Nc3c(OS(=O)O)cc4cc(S(=O)(=O)O)c(N)cc4c3O)c3cc(S(=O)(=O)O)ccc23)cc1. The fourth-order valence-corrected chi connectivity index (χ4v) is 5.84. The number of ether oxygens (including phenoxy) is 1. The van der Waals surface area contributed by atoms with Crippen LogP contribution < -0.4 is 9.92 Å². The fourth-order valence-electron chi connectivity index (χ4n) is 4.42. The first-order chi connectivity index (χ1) is 22.7. The van der Waals surface area contributed by atoms with Crippen LogP contribution in [0.25, 0.3) is 21.5 Å². The van der Waals surface area contributed by atoms with Crippen molar-refractivity contribution in [2.24, 2.45) is 25.4 Å². The van der Waals surface area contributed by atoms with E-state index in [1.54, 1.807) is 24.3 Å². The van der Waals surface area contributed by atoms with E-state index in [4.69, 9.17) is 14.7 Å². The quantitative estimate of drug-likeness (QED) is 0.0261. The van der Waals surface area contributed by atoms with E-state index in [2.05, 4.69) is 25.4 Å². The van der Waals surface area contributed by atoms with E-state index in [0.717, 1.165) is 30.3 Å². The maximum absolute atomic E-state index is 12.0. The predicted molar refractivity (Wildman–Crippen MR) is 175 cm³/mol. The molecule has 0 heterocycles. The van der Waals surface area contributed by atoms with E-state index in [-0.39, 0.29) is 27.5 Å². The molecule has 5 aromatic rings. The lowest BCUT2D eigenvalue weighted by Gasteiger charge is -2.12. The Morgan fingerprint density at radius 2 is 1.42 bits per heavy atom. The summed E-state index contributed by atoms with van der Waals surface area (Å²) in [6.45, 7) is 0. The summed E-state index contributed by atoms with van der Waals surface area (Å²) in [6.07, 6.45) is 1.27. The molecule has 0 saturated carbocycles. The second-order valence-corrected chi connectivity index (χ2v) is 13.0. The van der Waals surface area contributed by atoms with Gasteiger partial charge in [0, 0.05) is 16.2 Å². The van der Waals surface area contributed by atoms with Gasteiger partial charge in [-0.15, -0.1) is 15.3 Å². The Bertz CT molecular complexity index is 2420. The Kier molecular flexibility index (Phi) is 9.47. The van der Waals surface area contributed by atoms with E-state index in [0.29, 0.717) is 16.8 Å². The van der Waals surface area contributed by atoms with E-state index in [1.165, 1.54) is 31.7 Å². The third-order valence-electron chi connectivity index (χ3n) is 6.55. The molecule has 20 heteroatoms. The van der Waals surface area contributed by atoms with Crippen molar-refractivity contribution in [2.75, 3.05) is 12.8 Å². The summed E-state index contributed by atoms with van der Waals surface area (Å²) in [6, 6.07) is 16.1. The summed E-state index contributed by atoms with van der Waals surface area (Å²) in [5, 5.41) is 27.9. The van der Waals surface area contributed by atoms with Crippen molar-refractivity contribution in [1.29, 1.82) is 0 Å². The highest BCUT2D eigenvalue weighted by molar-refractivity contribution is 7.86. The third kappa shape index (κ3) is 7.43. The summed E-state index contributed by atoms with van der Waals surface area (Å²) < 4.78 is 97.2. The number of methoxy groups -OCH3 is 1. The molecule has 0 spiro atoms. The lowest BCUT2D eigenvalue weighted by atomic mass is 10.1. The molecule has 5 rings (SSSR count). The highest BCUT2D eigenvalue weighted by atomic mass is 32.2. The second-order valence-electron chi connectivity index (χ2n) is 9.63. The number of phenolic OH excluding ortho intramolecular Hbond substituents is 1. The number of nitrogens with two attached hydrogens (primary N) is 1. The monoisotopic (exact) mass is 714 g/mol. The molecule has 1 unspecified atom stereocenters. The van der Waals surface area contributed by atoms with Crippen LogP contribution in [0.5, 0.6) is 11.5 Å². The number of phenols is 1. The molecule has 5 aromatic carbocycles. The third-order valence-corrected chi connectivity index (χ3v) is 8.63. The standard InChI is InChI=1S/C28H22N6O11S3/c1-44-14-30-16-2-4-17(5-3-16)31-32-23-8-9-24(21-12-18(47(38,39)40)6-7-19(21)23)33-34-27-25(45-46(36)37)10-15-11-26(48(41,42)43)22(29)13-20(15)28(27)35/h2-14,35H,29H2,1H3,(H,36,37)(H,38,39,40)(H,41,42,43). The number of hydrogen-bond acceptors (Lipinski definition) is 14. The largest absolute Gasteiger partial charge is 0.505 e. The summed E-state index contributed by atoms with van der Waals surface area (Å²) >= 11 is -2.95. The first-order valence-electron chi connectivity index (χ1n) is 13.0. The van der Waals surface area contributed by atoms with Crippen molar-refractivity contribution in [3.63, 3.8) is 0 Å². The van der Waals surface area contributed by atoms with Crippen molar-refractivity contribution in [3.8, 4) is 11.5 Å². The number of fused-ring (bicyclic) bond motifs is 2. The summed E-state index contributed by atoms with van der Waals surface area (Å²) in [5.41, 5.74) is 6.18. The van der Waals surface area contributed by atoms with Gasteiger partial charge in [0.15, 0.2) is 23.6 Å². The lowest BCUT2D eigenvalue weighted by Crippen LogP contribution is -2.03. The summed E-state index contributed by atoms with van der Waals surface area (Å²) in [5.74, 6) is -1.22. The number of nitrogens with zero attached hydrogens (tertiary/aromatic N) is 5. The number of nitrogen functional groups attached to an aromatic ring is 1. The van der Waals surface area contributed by atoms with Gasteiger partial charge in [-0.1, -0.05) is 6.07 Å². The van der Waals surface area contributed by atoms with Crippen molar-refractivity contribution in [3.05, 3.63) is 72.8 Å². The van der Waals surface area contributed by atoms with E-state index >= 15 is 0 Å². The van der Waals surface area contributed by atoms with Crippen LogP contribution in [0.15, 0.2) is 108 Å². The zero-order valence-electron chi connectivity index (χ0n) is 24.2. The van der Waals surface area contributed by atoms with Gasteiger partial charge in [0.2, 0.25) is 0 Å². The Labute approximate surface area is 274 Å². The average molecular weight is 715 g/mol. The summed E-state index contributed by atoms with van der Waals surface area (Å²) in [7, 11) is -7.98. The average Bonchev–Trinajstić information content (AvgIpc) is 3.02. The first kappa shape index (κ1) is 34.0. The van der Waals surface area contributed by atoms with Crippen LogP contribution in [0.1, 0.15) is 0 Å². The fraction of sp³-hybridized carbons (Fsp3) is 0.0357. The van der Waals surface area contributed by atoms with Crippen LogP contribution in [0.2, 0.25) is 0 Å². The van der Waals surface area contributed by atoms with Gasteiger partial charge in [0.05, 0.1) is 40.4 Å². The predicted octanol–water partition coefficient (Wildman–Crippen LogP) is 6.43. The van der Waals surface area contributed by atoms with Crippen molar-refractivity contribution in [2.45, 2.75) is 9.79 Å². The van der Waals surface area contributed by atoms with Crippen LogP contribution in [-0.4, -0.2) is 53.3 Å². The molecular formula is C28H22N6O11S3. The van der Waals surface area contributed by atoms with E-state index in [1.807, 2.05) is 0 Å². The van der Waals surface area contributed by atoms with Crippen LogP contribution in [0.4, 0.5) is 34.1 Å². The molecule has 0 radical (unpaired) electrons. The molecule has 0 aliphatic carbocycles. The van der Waals surface area contributed by atoms with Gasteiger partial charge in [0.25, 0.3) is 20.2 Å². The molecule has 0 fully saturated rings. The molecule has 0 saturated heterocycles. The van der Waals surface area contributed by atoms with E-state index in [9.17, 15) is 39.8 Å². The highest BCUT2D eigenvalue weighted by Crippen LogP contribution is 2.46. The number of aliphatic imine (C=N–C) groups is 1. The molecule has 0 bridgehead atoms. The zero-order chi connectivity index (χ0) is 34.8. The van der Waals surface area contributed by atoms with E-state index < -0.39 is 64.3 Å². The minimum Gasteiger partial charge on any atom is -0.505 e. The zero-order valence-corrected chi connectivity index (χ0v) is 26.6. The summed E-state index contributed by atoms with van der Waals surface area (Å²) in [4.78, 5) is 2.89. The highest BCUT2D eigenvalue weighted by Gasteiger charge is 2.22. The maximum atomic E-state index is 12.0. The van der Waals surface area contributed by atoms with Crippen molar-refractivity contribution >= 4 is 93.7 Å². The van der Waals surface area contributed by atoms with Gasteiger partial charge < -0.3 is 19.8 Å². The Morgan fingerprint density at radius 3 is 2.04 bits per heavy atom. The molecule has 17 nitrogen and oxygen atoms in total. The topological polar surface area (TPSA) is 273 Å². The number of aromatic hydroxyl groups is 1. The number of anilines is 1. The maximum Gasteiger partial charge on any atom is 0.357 e. The van der Waals surface area contributed by atoms with Gasteiger partial charge in [-0.25, -0.2) is 4.99 Å². The first-order valence-corrected chi connectivity index (χ1v) is 17.0. The van der Waals surface area contributed by atoms with Crippen LogP contribution in [0.3, 0.4) is 0 Å². The molecule has 0 aliphatic heterocycles. The Balaban J connectivity index is 1.64. The van der Waals surface area contributed by atoms with Crippen molar-refractivity contribution < 1.29 is 48.7 Å². The molecule has 0 aliphatic rings. The molecule has 0 amide bonds. The van der Waals surface area contributed by atoms with Crippen molar-refractivity contribution in [1.82, 2.24) is 0 Å². The number of hydrogen-bond donors (Lipinski definition) is 5. The minimum absolute atomic E-state index is 0.00777. The molecule has 48 heavy (non-hydrogen) atoms. The smallest absolute Gasteiger partial charge is 0.357 e. The van der Waals surface area contributed by atoms with Crippen LogP contribution in [0, 0.1) is 0 Å². The molecule has 0 aromatic heterocycles. The number of rotatable bonds is 10. The molecule has 6 N–H and O–H groups in total. The van der Waals surface area contributed by atoms with Gasteiger partial charge in [-0.3, -0.25) is 13.7 Å². The minimum atomic E-state index is -4.78. The molecule has 1 atom stereocenters. The Hall–Kier alpha value is -5.38. The second kappa shape index (κ2) is 13.4. The van der Waals surface area contributed by atoms with Crippen LogP contribution in [-0.2, 0) is 36.3 Å². The van der Waals surface area contributed by atoms with Gasteiger partial charge >= 0.3 is 11.4 Å². The lowest BCUT2D eigenvalue weighted by molar-refractivity contribution is 0.423. The van der Waals surface area contributed by atoms with Gasteiger partial charge in [-0.05, 0) is 72.1 Å². The van der Waals surface area contributed by atoms with Gasteiger partial charge in [-0.2, -0.15) is 26.2 Å². The molecular weight excluding hydrogens is 693 g/mol.